The summed E-state index contributed by atoms with van der Waals surface area (Å²) in [6, 6.07) is 15.5. The van der Waals surface area contributed by atoms with E-state index in [4.69, 9.17) is 4.74 Å². The first kappa shape index (κ1) is 22.3. The van der Waals surface area contributed by atoms with Gasteiger partial charge >= 0.3 is 0 Å². The molecule has 0 bridgehead atoms. The smallest absolute Gasteiger partial charge is 0.300 e. The van der Waals surface area contributed by atoms with Crippen molar-refractivity contribution in [3.05, 3.63) is 99.9 Å². The first-order valence-corrected chi connectivity index (χ1v) is 10.5. The number of halogens is 1. The number of benzene rings is 3. The van der Waals surface area contributed by atoms with Crippen LogP contribution in [0.5, 0.6) is 5.75 Å². The fraction of sp³-hybridized carbons (Fsp3) is 0.185. The second-order valence-electron chi connectivity index (χ2n) is 8.20. The Morgan fingerprint density at radius 3 is 2.36 bits per heavy atom. The largest absolute Gasteiger partial charge is 0.507 e. The summed E-state index contributed by atoms with van der Waals surface area (Å²) in [5, 5.41) is 11.4. The number of Topliss-reactive ketones (excluding diaryl/α,β-unsaturated/α-hetero) is 1. The number of aliphatic hydroxyl groups excluding tert-OH is 1. The number of hydrogen-bond acceptors (Lipinski definition) is 4. The van der Waals surface area contributed by atoms with Gasteiger partial charge in [-0.1, -0.05) is 35.9 Å². The minimum absolute atomic E-state index is 0.0393. The van der Waals surface area contributed by atoms with Crippen LogP contribution in [0.25, 0.3) is 5.76 Å². The van der Waals surface area contributed by atoms with Gasteiger partial charge in [0.05, 0.1) is 18.7 Å². The van der Waals surface area contributed by atoms with Crippen molar-refractivity contribution in [3.63, 3.8) is 0 Å². The van der Waals surface area contributed by atoms with E-state index in [0.29, 0.717) is 22.4 Å². The maximum Gasteiger partial charge on any atom is 0.300 e. The summed E-state index contributed by atoms with van der Waals surface area (Å²) in [5.74, 6) is -1.80. The number of aliphatic hydroxyl groups is 1. The number of rotatable bonds is 4. The molecule has 1 heterocycles. The van der Waals surface area contributed by atoms with Crippen LogP contribution in [-0.4, -0.2) is 23.9 Å². The number of hydrogen-bond donors (Lipinski definition) is 1. The summed E-state index contributed by atoms with van der Waals surface area (Å²) >= 11 is 0. The highest BCUT2D eigenvalue weighted by atomic mass is 19.1. The van der Waals surface area contributed by atoms with Crippen LogP contribution in [0, 0.1) is 26.6 Å². The summed E-state index contributed by atoms with van der Waals surface area (Å²) in [4.78, 5) is 27.7. The van der Waals surface area contributed by atoms with E-state index in [-0.39, 0.29) is 17.0 Å². The molecule has 3 aromatic carbocycles. The van der Waals surface area contributed by atoms with Crippen molar-refractivity contribution in [1.82, 2.24) is 0 Å². The number of methoxy groups -OCH3 is 1. The van der Waals surface area contributed by atoms with Crippen molar-refractivity contribution in [2.24, 2.45) is 0 Å². The van der Waals surface area contributed by atoms with Gasteiger partial charge < -0.3 is 9.84 Å². The molecule has 1 unspecified atom stereocenters. The molecule has 1 saturated heterocycles. The Balaban J connectivity index is 1.99. The van der Waals surface area contributed by atoms with Gasteiger partial charge in [0.15, 0.2) is 0 Å². The molecule has 0 aromatic heterocycles. The van der Waals surface area contributed by atoms with Gasteiger partial charge in [-0.25, -0.2) is 4.39 Å². The van der Waals surface area contributed by atoms with E-state index in [1.54, 1.807) is 38.3 Å². The SMILES string of the molecule is COc1cc(C)c(/C(O)=C2\C(=O)C(=O)N(c3cccc(F)c3)C2c2cccc(C)c2)cc1C. The number of nitrogens with zero attached hydrogens (tertiary/aromatic N) is 1. The van der Waals surface area contributed by atoms with Gasteiger partial charge in [0, 0.05) is 11.3 Å². The molecule has 1 aliphatic heterocycles. The average Bonchev–Trinajstić information content (AvgIpc) is 3.05. The molecule has 1 amide bonds. The minimum Gasteiger partial charge on any atom is -0.507 e. The Labute approximate surface area is 191 Å². The first-order valence-electron chi connectivity index (χ1n) is 10.5. The highest BCUT2D eigenvalue weighted by Gasteiger charge is 2.47. The lowest BCUT2D eigenvalue weighted by atomic mass is 9.92. The molecule has 3 aromatic rings. The molecular weight excluding hydrogens is 421 g/mol. The lowest BCUT2D eigenvalue weighted by Gasteiger charge is -2.26. The van der Waals surface area contributed by atoms with Gasteiger partial charge in [-0.05, 0) is 67.8 Å². The number of carbonyl (C=O) groups excluding carboxylic acids is 2. The summed E-state index contributed by atoms with van der Waals surface area (Å²) in [6.07, 6.45) is 0. The Kier molecular flexibility index (Phi) is 5.77. The fourth-order valence-corrected chi connectivity index (χ4v) is 4.29. The Morgan fingerprint density at radius 2 is 1.70 bits per heavy atom. The number of anilines is 1. The molecule has 1 aliphatic rings. The number of carbonyl (C=O) groups is 2. The Morgan fingerprint density at radius 1 is 0.970 bits per heavy atom. The summed E-state index contributed by atoms with van der Waals surface area (Å²) in [6.45, 7) is 5.52. The van der Waals surface area contributed by atoms with Crippen molar-refractivity contribution < 1.29 is 23.8 Å². The van der Waals surface area contributed by atoms with Crippen LogP contribution in [0.1, 0.15) is 33.9 Å². The number of aryl methyl sites for hydroxylation is 3. The molecule has 5 nitrogen and oxygen atoms in total. The third-order valence-corrected chi connectivity index (χ3v) is 5.89. The predicted molar refractivity (Wildman–Crippen MR) is 125 cm³/mol. The second kappa shape index (κ2) is 8.54. The number of ether oxygens (including phenoxy) is 1. The first-order chi connectivity index (χ1) is 15.7. The average molecular weight is 445 g/mol. The number of ketones is 1. The van der Waals surface area contributed by atoms with Gasteiger partial charge in [-0.15, -0.1) is 0 Å². The van der Waals surface area contributed by atoms with Crippen LogP contribution in [0.3, 0.4) is 0 Å². The lowest BCUT2D eigenvalue weighted by molar-refractivity contribution is -0.132. The van der Waals surface area contributed by atoms with Gasteiger partial charge in [0.25, 0.3) is 11.7 Å². The minimum atomic E-state index is -0.909. The van der Waals surface area contributed by atoms with Crippen molar-refractivity contribution in [2.45, 2.75) is 26.8 Å². The lowest BCUT2D eigenvalue weighted by Crippen LogP contribution is -2.29. The zero-order valence-electron chi connectivity index (χ0n) is 18.8. The molecule has 4 rings (SSSR count). The monoisotopic (exact) mass is 445 g/mol. The topological polar surface area (TPSA) is 66.8 Å². The van der Waals surface area contributed by atoms with Crippen LogP contribution in [0.4, 0.5) is 10.1 Å². The third-order valence-electron chi connectivity index (χ3n) is 5.89. The van der Waals surface area contributed by atoms with Gasteiger partial charge in [-0.2, -0.15) is 0 Å². The molecule has 0 saturated carbocycles. The van der Waals surface area contributed by atoms with Crippen molar-refractivity contribution in [1.29, 1.82) is 0 Å². The molecule has 1 fully saturated rings. The summed E-state index contributed by atoms with van der Waals surface area (Å²) in [5.41, 5.74) is 3.67. The Hall–Kier alpha value is -3.93. The van der Waals surface area contributed by atoms with Crippen molar-refractivity contribution >= 4 is 23.1 Å². The molecule has 6 heteroatoms. The van der Waals surface area contributed by atoms with Gasteiger partial charge in [0.1, 0.15) is 17.3 Å². The van der Waals surface area contributed by atoms with E-state index < -0.39 is 23.5 Å². The van der Waals surface area contributed by atoms with Crippen molar-refractivity contribution in [2.75, 3.05) is 12.0 Å². The molecule has 1 atom stereocenters. The maximum atomic E-state index is 14.0. The summed E-state index contributed by atoms with van der Waals surface area (Å²) in [7, 11) is 1.56. The van der Waals surface area contributed by atoms with Crippen LogP contribution in [0.15, 0.2) is 66.2 Å². The van der Waals surface area contributed by atoms with E-state index in [9.17, 15) is 19.1 Å². The van der Waals surface area contributed by atoms with E-state index in [1.165, 1.54) is 23.1 Å². The molecule has 0 spiro atoms. The molecule has 0 radical (unpaired) electrons. The molecular formula is C27H24FNO4. The van der Waals surface area contributed by atoms with Gasteiger partial charge in [-0.3, -0.25) is 14.5 Å². The zero-order chi connectivity index (χ0) is 23.9. The number of amides is 1. The van der Waals surface area contributed by atoms with E-state index >= 15 is 0 Å². The van der Waals surface area contributed by atoms with Crippen LogP contribution in [0.2, 0.25) is 0 Å². The summed E-state index contributed by atoms with van der Waals surface area (Å²) < 4.78 is 19.4. The quantitative estimate of drug-likeness (QED) is 0.332. The zero-order valence-corrected chi connectivity index (χ0v) is 18.8. The van der Waals surface area contributed by atoms with E-state index in [0.717, 1.165) is 11.1 Å². The van der Waals surface area contributed by atoms with Crippen LogP contribution >= 0.6 is 0 Å². The Bertz CT molecular complexity index is 1310. The normalized spacial score (nSPS) is 17.5. The predicted octanol–water partition coefficient (Wildman–Crippen LogP) is 5.39. The highest BCUT2D eigenvalue weighted by molar-refractivity contribution is 6.51. The van der Waals surface area contributed by atoms with E-state index in [2.05, 4.69) is 0 Å². The van der Waals surface area contributed by atoms with E-state index in [1.807, 2.05) is 32.0 Å². The van der Waals surface area contributed by atoms with Crippen LogP contribution < -0.4 is 9.64 Å². The van der Waals surface area contributed by atoms with Crippen molar-refractivity contribution in [3.8, 4) is 5.75 Å². The van der Waals surface area contributed by atoms with Crippen LogP contribution in [-0.2, 0) is 9.59 Å². The molecule has 0 aliphatic carbocycles. The highest BCUT2D eigenvalue weighted by Crippen LogP contribution is 2.43. The maximum absolute atomic E-state index is 14.0. The molecule has 33 heavy (non-hydrogen) atoms. The molecule has 168 valence electrons. The van der Waals surface area contributed by atoms with Gasteiger partial charge in [0.2, 0.25) is 0 Å². The third kappa shape index (κ3) is 3.89. The molecule has 1 N–H and O–H groups in total. The second-order valence-corrected chi connectivity index (χ2v) is 8.20. The standard InChI is InChI=1S/C27H24FNO4/c1-15-7-5-8-18(11-15)24-23(25(30)21-12-17(3)22(33-4)13-16(21)2)26(31)27(32)29(24)20-10-6-9-19(28)14-20/h5-14,24,30H,1-4H3/b25-23+. The fourth-order valence-electron chi connectivity index (χ4n) is 4.29.